The summed E-state index contributed by atoms with van der Waals surface area (Å²) in [5.74, 6) is 3.28. The van der Waals surface area contributed by atoms with Crippen molar-refractivity contribution in [3.8, 4) is 0 Å². The topological polar surface area (TPSA) is 49.7 Å². The molecule has 2 N–H and O–H groups in total. The number of aliphatic hydroxyl groups is 2. The second-order valence-corrected chi connectivity index (χ2v) is 17.9. The summed E-state index contributed by atoms with van der Waals surface area (Å²) < 4.78 is 7.03. The highest BCUT2D eigenvalue weighted by atomic mass is 28.4. The molecule has 0 radical (unpaired) electrons. The highest BCUT2D eigenvalue weighted by Crippen LogP contribution is 2.92. The zero-order valence-electron chi connectivity index (χ0n) is 19.6. The van der Waals surface area contributed by atoms with Gasteiger partial charge in [-0.15, -0.1) is 0 Å². The minimum atomic E-state index is -1.86. The van der Waals surface area contributed by atoms with Gasteiger partial charge in [-0.2, -0.15) is 0 Å². The predicted molar refractivity (Wildman–Crippen MR) is 117 cm³/mol. The molecule has 0 aromatic rings. The number of hydrogen-bond donors (Lipinski definition) is 2. The van der Waals surface area contributed by atoms with Crippen LogP contribution in [0.4, 0.5) is 0 Å². The molecule has 1 unspecified atom stereocenters. The lowest BCUT2D eigenvalue weighted by atomic mass is 9.36. The largest absolute Gasteiger partial charge is 0.416 e. The van der Waals surface area contributed by atoms with Gasteiger partial charge in [-0.1, -0.05) is 41.5 Å². The fraction of sp³-hybridized carbons (Fsp3) is 1.00. The van der Waals surface area contributed by atoms with Gasteiger partial charge >= 0.3 is 0 Å². The third-order valence-corrected chi connectivity index (χ3v) is 16.2. The summed E-state index contributed by atoms with van der Waals surface area (Å²) in [5.41, 5.74) is 0.744. The van der Waals surface area contributed by atoms with E-state index in [0.717, 1.165) is 19.4 Å². The molecule has 4 saturated carbocycles. The average Bonchev–Trinajstić information content (AvgIpc) is 3.08. The Bertz CT molecular complexity index is 612. The Morgan fingerprint density at radius 1 is 1.04 bits per heavy atom. The minimum absolute atomic E-state index is 0.0774. The maximum absolute atomic E-state index is 11.3. The van der Waals surface area contributed by atoms with Gasteiger partial charge in [-0.05, 0) is 85.7 Å². The molecule has 4 aliphatic carbocycles. The Morgan fingerprint density at radius 2 is 1.57 bits per heavy atom. The summed E-state index contributed by atoms with van der Waals surface area (Å²) >= 11 is 0. The summed E-state index contributed by atoms with van der Waals surface area (Å²) in [7, 11) is -1.86. The van der Waals surface area contributed by atoms with Gasteiger partial charge in [-0.3, -0.25) is 0 Å². The third-order valence-electron chi connectivity index (χ3n) is 10.1. The SMILES string of the molecule is CC(C)[Si](OC[C@@H]1[C@@H]2[C@H]3[C@H](C(C)(C)O)[C@H]3C23[C@H]1CC[C@]3(C)O)(C(C)C)C(C)C. The second-order valence-electron chi connectivity index (χ2n) is 12.5. The molecule has 0 aromatic heterocycles. The molecule has 4 aliphatic rings. The molecule has 162 valence electrons. The van der Waals surface area contributed by atoms with E-state index >= 15 is 0 Å². The Hall–Kier alpha value is 0.0969. The molecule has 28 heavy (non-hydrogen) atoms. The van der Waals surface area contributed by atoms with Crippen LogP contribution < -0.4 is 0 Å². The minimum Gasteiger partial charge on any atom is -0.416 e. The van der Waals surface area contributed by atoms with Crippen LogP contribution in [0.15, 0.2) is 0 Å². The molecule has 4 rings (SSSR count). The van der Waals surface area contributed by atoms with Gasteiger partial charge in [0.2, 0.25) is 0 Å². The van der Waals surface area contributed by atoms with Crippen molar-refractivity contribution in [2.24, 2.45) is 40.9 Å². The zero-order valence-corrected chi connectivity index (χ0v) is 20.6. The Kier molecular flexibility index (Phi) is 4.63. The standard InChI is InChI=1S/C24H44O3Si/c1-13(2)28(14(3)4,15(5)6)27-12-16-17-10-11-23(9,26)24(17)19(16)18-20(21(18)24)22(7,8)25/h13-21,25-26H,10-12H2,1-9H3/t16-,17-,18-,19+,20-,21-,23-,24?/m0/s1. The quantitative estimate of drug-likeness (QED) is 0.568. The Morgan fingerprint density at radius 3 is 2.04 bits per heavy atom. The van der Waals surface area contributed by atoms with Gasteiger partial charge in [-0.25, -0.2) is 0 Å². The molecular weight excluding hydrogens is 364 g/mol. The fourth-order valence-corrected chi connectivity index (χ4v) is 15.0. The Balaban J connectivity index is 1.57. The van der Waals surface area contributed by atoms with Crippen molar-refractivity contribution in [3.05, 3.63) is 0 Å². The molecule has 0 amide bonds. The maximum Gasteiger partial charge on any atom is 0.200 e. The van der Waals surface area contributed by atoms with E-state index in [9.17, 15) is 10.2 Å². The van der Waals surface area contributed by atoms with Crippen molar-refractivity contribution in [1.29, 1.82) is 0 Å². The first-order valence-corrected chi connectivity index (χ1v) is 14.0. The van der Waals surface area contributed by atoms with E-state index in [1.54, 1.807) is 0 Å². The van der Waals surface area contributed by atoms with Gasteiger partial charge in [0, 0.05) is 12.0 Å². The summed E-state index contributed by atoms with van der Waals surface area (Å²) in [4.78, 5) is 0. The lowest BCUT2D eigenvalue weighted by Crippen LogP contribution is -2.71. The van der Waals surface area contributed by atoms with Crippen LogP contribution in [0.25, 0.3) is 0 Å². The first-order valence-electron chi connectivity index (χ1n) is 11.8. The van der Waals surface area contributed by atoms with E-state index in [2.05, 4.69) is 48.5 Å². The first kappa shape index (κ1) is 21.3. The van der Waals surface area contributed by atoms with Crippen LogP contribution in [0.2, 0.25) is 16.6 Å². The van der Waals surface area contributed by atoms with Gasteiger partial charge in [0.1, 0.15) is 0 Å². The average molecular weight is 409 g/mol. The van der Waals surface area contributed by atoms with Crippen LogP contribution >= 0.6 is 0 Å². The summed E-state index contributed by atoms with van der Waals surface area (Å²) in [6.07, 6.45) is 2.06. The zero-order chi connectivity index (χ0) is 21.0. The molecular formula is C24H44O3Si. The van der Waals surface area contributed by atoms with E-state index in [0.29, 0.717) is 52.1 Å². The van der Waals surface area contributed by atoms with E-state index in [4.69, 9.17) is 4.43 Å². The van der Waals surface area contributed by atoms with Gasteiger partial charge < -0.3 is 14.6 Å². The van der Waals surface area contributed by atoms with Crippen LogP contribution in [-0.4, -0.2) is 36.3 Å². The smallest absolute Gasteiger partial charge is 0.200 e. The molecule has 8 atom stereocenters. The van der Waals surface area contributed by atoms with Crippen molar-refractivity contribution in [2.45, 2.75) is 103 Å². The van der Waals surface area contributed by atoms with E-state index in [1.165, 1.54) is 0 Å². The molecule has 0 aliphatic heterocycles. The van der Waals surface area contributed by atoms with Crippen molar-refractivity contribution in [2.75, 3.05) is 6.61 Å². The molecule has 0 saturated heterocycles. The Labute approximate surface area is 173 Å². The van der Waals surface area contributed by atoms with Gasteiger partial charge in [0.25, 0.3) is 0 Å². The van der Waals surface area contributed by atoms with Crippen molar-refractivity contribution >= 4 is 8.32 Å². The molecule has 3 nitrogen and oxygen atoms in total. The van der Waals surface area contributed by atoms with Crippen molar-refractivity contribution < 1.29 is 14.6 Å². The second kappa shape index (κ2) is 6.08. The van der Waals surface area contributed by atoms with E-state index < -0.39 is 19.5 Å². The normalized spacial score (nSPS) is 46.9. The van der Waals surface area contributed by atoms with Crippen LogP contribution in [-0.2, 0) is 4.43 Å². The molecule has 4 fully saturated rings. The summed E-state index contributed by atoms with van der Waals surface area (Å²) in [6.45, 7) is 21.1. The fourth-order valence-electron chi connectivity index (χ4n) is 9.53. The lowest BCUT2D eigenvalue weighted by Gasteiger charge is -2.70. The van der Waals surface area contributed by atoms with E-state index in [-0.39, 0.29) is 5.41 Å². The van der Waals surface area contributed by atoms with Crippen molar-refractivity contribution in [1.82, 2.24) is 0 Å². The number of rotatable bonds is 7. The number of fused-ring (bicyclic) bond motifs is 2. The predicted octanol–water partition coefficient (Wildman–Crippen LogP) is 5.22. The lowest BCUT2D eigenvalue weighted by molar-refractivity contribution is -0.274. The van der Waals surface area contributed by atoms with Crippen LogP contribution in [0.1, 0.15) is 75.2 Å². The van der Waals surface area contributed by atoms with E-state index in [1.807, 2.05) is 13.8 Å². The molecule has 0 bridgehead atoms. The van der Waals surface area contributed by atoms with Gasteiger partial charge in [0.15, 0.2) is 8.32 Å². The van der Waals surface area contributed by atoms with Crippen LogP contribution in [0.5, 0.6) is 0 Å². The highest BCUT2D eigenvalue weighted by molar-refractivity contribution is 6.77. The molecule has 4 heteroatoms. The summed E-state index contributed by atoms with van der Waals surface area (Å²) in [5, 5.41) is 22.1. The first-order chi connectivity index (χ1) is 12.8. The van der Waals surface area contributed by atoms with Gasteiger partial charge in [0.05, 0.1) is 11.2 Å². The number of hydrogen-bond acceptors (Lipinski definition) is 3. The maximum atomic E-state index is 11.3. The van der Waals surface area contributed by atoms with Crippen LogP contribution in [0, 0.1) is 40.9 Å². The molecule has 0 heterocycles. The summed E-state index contributed by atoms with van der Waals surface area (Å²) in [6, 6.07) is 0. The van der Waals surface area contributed by atoms with Crippen LogP contribution in [0.3, 0.4) is 0 Å². The van der Waals surface area contributed by atoms with Crippen molar-refractivity contribution in [3.63, 3.8) is 0 Å². The molecule has 0 aromatic carbocycles. The molecule has 1 spiro atoms. The highest BCUT2D eigenvalue weighted by Gasteiger charge is 2.92. The monoisotopic (exact) mass is 408 g/mol. The third kappa shape index (κ3) is 2.27.